The predicted octanol–water partition coefficient (Wildman–Crippen LogP) is 2.13. The van der Waals surface area contributed by atoms with Crippen LogP contribution in [0.25, 0.3) is 0 Å². The van der Waals surface area contributed by atoms with Crippen molar-refractivity contribution in [3.05, 3.63) is 34.9 Å². The summed E-state index contributed by atoms with van der Waals surface area (Å²) >= 11 is 0. The molecule has 1 aromatic carbocycles. The SMILES string of the molecule is CCOC(=O)CC(N)Cc1ccc(C)c(C)c1. The first-order valence-corrected chi connectivity index (χ1v) is 6.00. The number of esters is 1. The van der Waals surface area contributed by atoms with Crippen molar-refractivity contribution in [1.29, 1.82) is 0 Å². The van der Waals surface area contributed by atoms with E-state index in [-0.39, 0.29) is 18.4 Å². The maximum absolute atomic E-state index is 11.3. The average Bonchev–Trinajstić information content (AvgIpc) is 2.23. The summed E-state index contributed by atoms with van der Waals surface area (Å²) in [6.45, 7) is 6.37. The lowest BCUT2D eigenvalue weighted by Crippen LogP contribution is -2.27. The van der Waals surface area contributed by atoms with Crippen molar-refractivity contribution in [2.45, 2.75) is 39.7 Å². The third-order valence-electron chi connectivity index (χ3n) is 2.80. The van der Waals surface area contributed by atoms with E-state index in [9.17, 15) is 4.79 Å². The first-order valence-electron chi connectivity index (χ1n) is 6.00. The Kier molecular flexibility index (Phi) is 5.16. The first kappa shape index (κ1) is 13.7. The Labute approximate surface area is 103 Å². The monoisotopic (exact) mass is 235 g/mol. The summed E-state index contributed by atoms with van der Waals surface area (Å²) in [6.07, 6.45) is 0.987. The van der Waals surface area contributed by atoms with E-state index in [0.717, 1.165) is 0 Å². The smallest absolute Gasteiger partial charge is 0.307 e. The molecule has 94 valence electrons. The zero-order valence-electron chi connectivity index (χ0n) is 10.8. The molecule has 0 aliphatic heterocycles. The Balaban J connectivity index is 2.53. The van der Waals surface area contributed by atoms with Gasteiger partial charge in [-0.1, -0.05) is 18.2 Å². The highest BCUT2D eigenvalue weighted by Gasteiger charge is 2.11. The van der Waals surface area contributed by atoms with Crippen LogP contribution in [0.2, 0.25) is 0 Å². The normalized spacial score (nSPS) is 12.2. The number of hydrogen-bond acceptors (Lipinski definition) is 3. The van der Waals surface area contributed by atoms with Crippen LogP contribution in [-0.4, -0.2) is 18.6 Å². The fourth-order valence-electron chi connectivity index (χ4n) is 1.74. The minimum absolute atomic E-state index is 0.170. The molecule has 1 rings (SSSR count). The van der Waals surface area contributed by atoms with Crippen LogP contribution < -0.4 is 5.73 Å². The molecule has 0 bridgehead atoms. The average molecular weight is 235 g/mol. The Hall–Kier alpha value is -1.35. The highest BCUT2D eigenvalue weighted by atomic mass is 16.5. The van der Waals surface area contributed by atoms with Gasteiger partial charge in [0.1, 0.15) is 0 Å². The minimum Gasteiger partial charge on any atom is -0.466 e. The van der Waals surface area contributed by atoms with E-state index in [1.807, 2.05) is 0 Å². The van der Waals surface area contributed by atoms with Gasteiger partial charge in [-0.3, -0.25) is 4.79 Å². The molecule has 1 aromatic rings. The summed E-state index contributed by atoms with van der Waals surface area (Å²) in [5.41, 5.74) is 9.62. The zero-order chi connectivity index (χ0) is 12.8. The maximum atomic E-state index is 11.3. The number of carbonyl (C=O) groups excluding carboxylic acids is 1. The van der Waals surface area contributed by atoms with Gasteiger partial charge in [0.05, 0.1) is 13.0 Å². The highest BCUT2D eigenvalue weighted by Crippen LogP contribution is 2.12. The molecule has 0 saturated heterocycles. The van der Waals surface area contributed by atoms with E-state index in [4.69, 9.17) is 10.5 Å². The maximum Gasteiger partial charge on any atom is 0.307 e. The summed E-state index contributed by atoms with van der Waals surface area (Å²) in [7, 11) is 0. The van der Waals surface area contributed by atoms with Crippen molar-refractivity contribution in [3.8, 4) is 0 Å². The number of nitrogens with two attached hydrogens (primary N) is 1. The summed E-state index contributed by atoms with van der Waals surface area (Å²) in [5, 5.41) is 0. The quantitative estimate of drug-likeness (QED) is 0.795. The molecular formula is C14H21NO2. The Morgan fingerprint density at radius 3 is 2.65 bits per heavy atom. The molecule has 3 nitrogen and oxygen atoms in total. The van der Waals surface area contributed by atoms with Crippen molar-refractivity contribution >= 4 is 5.97 Å². The summed E-state index contributed by atoms with van der Waals surface area (Å²) in [6, 6.07) is 6.10. The van der Waals surface area contributed by atoms with Crippen LogP contribution in [0.4, 0.5) is 0 Å². The standard InChI is InChI=1S/C14H21NO2/c1-4-17-14(16)9-13(15)8-12-6-5-10(2)11(3)7-12/h5-7,13H,4,8-9,15H2,1-3H3. The fraction of sp³-hybridized carbons (Fsp3) is 0.500. The van der Waals surface area contributed by atoms with Gasteiger partial charge in [-0.2, -0.15) is 0 Å². The summed E-state index contributed by atoms with van der Waals surface area (Å²) in [5.74, 6) is -0.219. The molecule has 0 heterocycles. The van der Waals surface area contributed by atoms with Crippen LogP contribution in [-0.2, 0) is 16.0 Å². The second-order valence-corrected chi connectivity index (χ2v) is 4.39. The number of aryl methyl sites for hydroxylation is 2. The van der Waals surface area contributed by atoms with Crippen LogP contribution >= 0.6 is 0 Å². The molecule has 0 spiro atoms. The third-order valence-corrected chi connectivity index (χ3v) is 2.80. The second kappa shape index (κ2) is 6.40. The van der Waals surface area contributed by atoms with E-state index in [1.165, 1.54) is 16.7 Å². The van der Waals surface area contributed by atoms with Gasteiger partial charge < -0.3 is 10.5 Å². The van der Waals surface area contributed by atoms with Crippen molar-refractivity contribution in [1.82, 2.24) is 0 Å². The number of benzene rings is 1. The Bertz CT molecular complexity index is 388. The first-order chi connectivity index (χ1) is 8.02. The molecule has 0 aliphatic carbocycles. The van der Waals surface area contributed by atoms with Gasteiger partial charge in [0, 0.05) is 6.04 Å². The number of carbonyl (C=O) groups is 1. The van der Waals surface area contributed by atoms with E-state index in [1.54, 1.807) is 6.92 Å². The van der Waals surface area contributed by atoms with Crippen molar-refractivity contribution in [2.24, 2.45) is 5.73 Å². The lowest BCUT2D eigenvalue weighted by atomic mass is 10.00. The molecule has 17 heavy (non-hydrogen) atoms. The van der Waals surface area contributed by atoms with E-state index in [0.29, 0.717) is 13.0 Å². The van der Waals surface area contributed by atoms with Crippen molar-refractivity contribution in [2.75, 3.05) is 6.61 Å². The molecule has 0 amide bonds. The van der Waals surface area contributed by atoms with Gasteiger partial charge in [0.25, 0.3) is 0 Å². The number of ether oxygens (including phenoxy) is 1. The largest absolute Gasteiger partial charge is 0.466 e. The Morgan fingerprint density at radius 2 is 2.06 bits per heavy atom. The summed E-state index contributed by atoms with van der Waals surface area (Å²) in [4.78, 5) is 11.3. The van der Waals surface area contributed by atoms with Gasteiger partial charge in [-0.25, -0.2) is 0 Å². The van der Waals surface area contributed by atoms with Crippen LogP contribution in [0.5, 0.6) is 0 Å². The van der Waals surface area contributed by atoms with Crippen LogP contribution in [0.3, 0.4) is 0 Å². The van der Waals surface area contributed by atoms with Crippen LogP contribution in [0, 0.1) is 13.8 Å². The number of hydrogen-bond donors (Lipinski definition) is 1. The van der Waals surface area contributed by atoms with E-state index in [2.05, 4.69) is 32.0 Å². The molecule has 0 aromatic heterocycles. The molecular weight excluding hydrogens is 214 g/mol. The molecule has 1 atom stereocenters. The minimum atomic E-state index is -0.219. The molecule has 0 radical (unpaired) electrons. The van der Waals surface area contributed by atoms with Gasteiger partial charge in [0.2, 0.25) is 0 Å². The van der Waals surface area contributed by atoms with Crippen LogP contribution in [0.1, 0.15) is 30.0 Å². The Morgan fingerprint density at radius 1 is 1.35 bits per heavy atom. The second-order valence-electron chi connectivity index (χ2n) is 4.39. The van der Waals surface area contributed by atoms with E-state index < -0.39 is 0 Å². The van der Waals surface area contributed by atoms with Gasteiger partial charge in [0.15, 0.2) is 0 Å². The molecule has 0 aliphatic rings. The molecule has 3 heteroatoms. The number of rotatable bonds is 5. The topological polar surface area (TPSA) is 52.3 Å². The molecule has 1 unspecified atom stereocenters. The highest BCUT2D eigenvalue weighted by molar-refractivity contribution is 5.70. The molecule has 2 N–H and O–H groups in total. The lowest BCUT2D eigenvalue weighted by Gasteiger charge is -2.12. The van der Waals surface area contributed by atoms with Gasteiger partial charge in [-0.15, -0.1) is 0 Å². The van der Waals surface area contributed by atoms with Gasteiger partial charge in [-0.05, 0) is 43.9 Å². The predicted molar refractivity (Wildman–Crippen MR) is 68.8 cm³/mol. The molecule has 0 fully saturated rings. The van der Waals surface area contributed by atoms with Gasteiger partial charge >= 0.3 is 5.97 Å². The van der Waals surface area contributed by atoms with Crippen molar-refractivity contribution < 1.29 is 9.53 Å². The van der Waals surface area contributed by atoms with E-state index >= 15 is 0 Å². The fourth-order valence-corrected chi connectivity index (χ4v) is 1.74. The van der Waals surface area contributed by atoms with Crippen LogP contribution in [0.15, 0.2) is 18.2 Å². The lowest BCUT2D eigenvalue weighted by molar-refractivity contribution is -0.143. The zero-order valence-corrected chi connectivity index (χ0v) is 10.8. The molecule has 0 saturated carbocycles. The van der Waals surface area contributed by atoms with Crippen molar-refractivity contribution in [3.63, 3.8) is 0 Å². The summed E-state index contributed by atoms with van der Waals surface area (Å²) < 4.78 is 4.87. The third kappa shape index (κ3) is 4.57.